The summed E-state index contributed by atoms with van der Waals surface area (Å²) in [5.41, 5.74) is 0. The quantitative estimate of drug-likeness (QED) is 0.708. The van der Waals surface area contributed by atoms with Gasteiger partial charge in [0.2, 0.25) is 0 Å². The number of aliphatic hydroxyl groups excluding tert-OH is 2. The number of hydrogen-bond acceptors (Lipinski definition) is 5. The molecule has 2 aliphatic heterocycles. The summed E-state index contributed by atoms with van der Waals surface area (Å²) in [6.45, 7) is 6.21. The molecule has 2 rings (SSSR count). The highest BCUT2D eigenvalue weighted by molar-refractivity contribution is 4.80. The lowest BCUT2D eigenvalue weighted by Gasteiger charge is -2.38. The molecule has 0 saturated carbocycles. The third-order valence-corrected chi connectivity index (χ3v) is 4.23. The van der Waals surface area contributed by atoms with Gasteiger partial charge in [-0.05, 0) is 25.8 Å². The highest BCUT2D eigenvalue weighted by Gasteiger charge is 2.25. The van der Waals surface area contributed by atoms with E-state index in [1.54, 1.807) is 0 Å². The van der Waals surface area contributed by atoms with E-state index in [1.807, 2.05) is 0 Å². The average Bonchev–Trinajstić information content (AvgIpc) is 2.42. The van der Waals surface area contributed by atoms with Crippen LogP contribution in [0.4, 0.5) is 0 Å². The molecule has 2 atom stereocenters. The second kappa shape index (κ2) is 8.17. The number of hydrogen-bond donors (Lipinski definition) is 2. The predicted molar refractivity (Wildman–Crippen MR) is 74.2 cm³/mol. The van der Waals surface area contributed by atoms with Crippen LogP contribution >= 0.6 is 0 Å². The van der Waals surface area contributed by atoms with Gasteiger partial charge in [0.25, 0.3) is 0 Å². The molecule has 0 bridgehead atoms. The maximum absolute atomic E-state index is 10.3. The van der Waals surface area contributed by atoms with Crippen molar-refractivity contribution in [3.05, 3.63) is 0 Å². The molecule has 19 heavy (non-hydrogen) atoms. The zero-order chi connectivity index (χ0) is 13.5. The number of piperidine rings is 1. The van der Waals surface area contributed by atoms with Gasteiger partial charge in [-0.1, -0.05) is 6.42 Å². The lowest BCUT2D eigenvalue weighted by Crippen LogP contribution is -2.48. The predicted octanol–water partition coefficient (Wildman–Crippen LogP) is -0.0836. The second-order valence-corrected chi connectivity index (χ2v) is 5.72. The Hall–Kier alpha value is -0.200. The van der Waals surface area contributed by atoms with Gasteiger partial charge >= 0.3 is 0 Å². The zero-order valence-corrected chi connectivity index (χ0v) is 11.8. The number of aliphatic hydroxyl groups is 2. The molecule has 2 aliphatic rings. The molecule has 5 heteroatoms. The summed E-state index contributed by atoms with van der Waals surface area (Å²) < 4.78 is 5.32. The van der Waals surface area contributed by atoms with Crippen LogP contribution in [0.3, 0.4) is 0 Å². The van der Waals surface area contributed by atoms with E-state index in [2.05, 4.69) is 9.80 Å². The highest BCUT2D eigenvalue weighted by Crippen LogP contribution is 2.19. The summed E-state index contributed by atoms with van der Waals surface area (Å²) in [6.07, 6.45) is 4.17. The maximum atomic E-state index is 10.3. The molecule has 0 spiro atoms. The van der Waals surface area contributed by atoms with E-state index in [9.17, 15) is 5.11 Å². The van der Waals surface area contributed by atoms with Gasteiger partial charge in [0.1, 0.15) is 0 Å². The first-order valence-corrected chi connectivity index (χ1v) is 7.62. The van der Waals surface area contributed by atoms with Crippen LogP contribution in [0.25, 0.3) is 0 Å². The van der Waals surface area contributed by atoms with Crippen molar-refractivity contribution in [1.82, 2.24) is 9.80 Å². The summed E-state index contributed by atoms with van der Waals surface area (Å²) in [5, 5.41) is 19.4. The fourth-order valence-electron chi connectivity index (χ4n) is 3.19. The van der Waals surface area contributed by atoms with Crippen LogP contribution in [-0.2, 0) is 4.74 Å². The summed E-state index contributed by atoms with van der Waals surface area (Å²) in [6, 6.07) is 0.457. The highest BCUT2D eigenvalue weighted by atomic mass is 16.5. The van der Waals surface area contributed by atoms with Crippen LogP contribution in [0.2, 0.25) is 0 Å². The summed E-state index contributed by atoms with van der Waals surface area (Å²) >= 11 is 0. The molecule has 0 amide bonds. The standard InChI is InChI=1S/C14H28N2O3/c17-8-4-13-3-1-2-5-16(13)12-14(18)11-15-6-9-19-10-7-15/h13-14,17-18H,1-12H2. The average molecular weight is 272 g/mol. The molecule has 112 valence electrons. The molecule has 2 heterocycles. The topological polar surface area (TPSA) is 56.2 Å². The Labute approximate surface area is 116 Å². The van der Waals surface area contributed by atoms with Crippen molar-refractivity contribution < 1.29 is 14.9 Å². The summed E-state index contributed by atoms with van der Waals surface area (Å²) in [7, 11) is 0. The van der Waals surface area contributed by atoms with Crippen molar-refractivity contribution in [3.63, 3.8) is 0 Å². The lowest BCUT2D eigenvalue weighted by molar-refractivity contribution is -0.00210. The van der Waals surface area contributed by atoms with Gasteiger partial charge in [-0.15, -0.1) is 0 Å². The van der Waals surface area contributed by atoms with Gasteiger partial charge in [0, 0.05) is 38.8 Å². The maximum Gasteiger partial charge on any atom is 0.0793 e. The van der Waals surface area contributed by atoms with E-state index in [-0.39, 0.29) is 12.7 Å². The van der Waals surface area contributed by atoms with Gasteiger partial charge in [-0.3, -0.25) is 9.80 Å². The Morgan fingerprint density at radius 2 is 1.89 bits per heavy atom. The molecule has 0 aromatic heterocycles. The molecule has 5 nitrogen and oxygen atoms in total. The van der Waals surface area contributed by atoms with Crippen molar-refractivity contribution in [2.24, 2.45) is 0 Å². The molecular weight excluding hydrogens is 244 g/mol. The Morgan fingerprint density at radius 3 is 2.63 bits per heavy atom. The van der Waals surface area contributed by atoms with E-state index < -0.39 is 0 Å². The van der Waals surface area contributed by atoms with Crippen LogP contribution < -0.4 is 0 Å². The zero-order valence-electron chi connectivity index (χ0n) is 11.8. The second-order valence-electron chi connectivity index (χ2n) is 5.72. The minimum Gasteiger partial charge on any atom is -0.396 e. The molecule has 0 aliphatic carbocycles. The first-order chi connectivity index (χ1) is 9.29. The van der Waals surface area contributed by atoms with Crippen molar-refractivity contribution in [2.75, 3.05) is 52.5 Å². The number of likely N-dealkylation sites (tertiary alicyclic amines) is 1. The third kappa shape index (κ3) is 5.00. The van der Waals surface area contributed by atoms with Crippen molar-refractivity contribution in [1.29, 1.82) is 0 Å². The molecular formula is C14H28N2O3. The van der Waals surface area contributed by atoms with E-state index in [1.165, 1.54) is 12.8 Å². The summed E-state index contributed by atoms with van der Waals surface area (Å²) in [4.78, 5) is 4.64. The van der Waals surface area contributed by atoms with E-state index in [0.29, 0.717) is 6.04 Å². The normalized spacial score (nSPS) is 28.4. The Balaban J connectivity index is 1.74. The molecule has 2 unspecified atom stereocenters. The van der Waals surface area contributed by atoms with Gasteiger partial charge < -0.3 is 14.9 Å². The molecule has 2 N–H and O–H groups in total. The van der Waals surface area contributed by atoms with Crippen LogP contribution in [0.15, 0.2) is 0 Å². The molecule has 2 saturated heterocycles. The number of morpholine rings is 1. The molecule has 0 aromatic carbocycles. The smallest absolute Gasteiger partial charge is 0.0793 e. The SMILES string of the molecule is OCCC1CCCCN1CC(O)CN1CCOCC1. The van der Waals surface area contributed by atoms with Crippen LogP contribution in [-0.4, -0.2) is 84.7 Å². The minimum atomic E-state index is -0.294. The van der Waals surface area contributed by atoms with Crippen LogP contribution in [0.1, 0.15) is 25.7 Å². The molecule has 0 radical (unpaired) electrons. The van der Waals surface area contributed by atoms with E-state index >= 15 is 0 Å². The lowest BCUT2D eigenvalue weighted by atomic mass is 9.99. The molecule has 0 aromatic rings. The Morgan fingerprint density at radius 1 is 1.11 bits per heavy atom. The van der Waals surface area contributed by atoms with Gasteiger partial charge in [0.05, 0.1) is 19.3 Å². The number of nitrogens with zero attached hydrogens (tertiary/aromatic N) is 2. The fraction of sp³-hybridized carbons (Fsp3) is 1.00. The fourth-order valence-corrected chi connectivity index (χ4v) is 3.19. The van der Waals surface area contributed by atoms with Crippen LogP contribution in [0.5, 0.6) is 0 Å². The van der Waals surface area contributed by atoms with Crippen molar-refractivity contribution in [3.8, 4) is 0 Å². The van der Waals surface area contributed by atoms with Gasteiger partial charge in [-0.2, -0.15) is 0 Å². The largest absolute Gasteiger partial charge is 0.396 e. The third-order valence-electron chi connectivity index (χ3n) is 4.23. The van der Waals surface area contributed by atoms with Crippen molar-refractivity contribution >= 4 is 0 Å². The van der Waals surface area contributed by atoms with E-state index in [4.69, 9.17) is 9.84 Å². The van der Waals surface area contributed by atoms with Crippen LogP contribution in [0, 0.1) is 0 Å². The first-order valence-electron chi connectivity index (χ1n) is 7.62. The summed E-state index contributed by atoms with van der Waals surface area (Å²) in [5.74, 6) is 0. The van der Waals surface area contributed by atoms with Crippen molar-refractivity contribution in [2.45, 2.75) is 37.8 Å². The van der Waals surface area contributed by atoms with E-state index in [0.717, 1.165) is 58.8 Å². The van der Waals surface area contributed by atoms with Gasteiger partial charge in [0.15, 0.2) is 0 Å². The first kappa shape index (κ1) is 15.2. The Bertz CT molecular complexity index is 245. The van der Waals surface area contributed by atoms with Gasteiger partial charge in [-0.25, -0.2) is 0 Å². The number of β-amino-alcohol motifs (C(OH)–C–C–N with tert-alkyl or cyclic N) is 1. The monoisotopic (exact) mass is 272 g/mol. The Kier molecular flexibility index (Phi) is 6.53. The number of rotatable bonds is 6. The minimum absolute atomic E-state index is 0.251. The number of ether oxygens (including phenoxy) is 1. The molecule has 2 fully saturated rings.